The molecule has 2 bridgehead atoms. The number of aromatic nitrogens is 2. The molecule has 46 heavy (non-hydrogen) atoms. The molecule has 4 aromatic rings. The van der Waals surface area contributed by atoms with Crippen molar-refractivity contribution in [2.45, 2.75) is 43.8 Å². The lowest BCUT2D eigenvalue weighted by atomic mass is 9.92. The monoisotopic (exact) mass is 622 g/mol. The van der Waals surface area contributed by atoms with Crippen molar-refractivity contribution in [1.29, 1.82) is 0 Å². The summed E-state index contributed by atoms with van der Waals surface area (Å²) < 4.78 is 54.4. The van der Waals surface area contributed by atoms with Crippen LogP contribution in [0.3, 0.4) is 0 Å². The summed E-state index contributed by atoms with van der Waals surface area (Å²) in [6.07, 6.45) is 15.0. The SMILES string of the molecule is C#Cc1c(F)ccc2cc(N)cc(-c3c(F)cc4c(N5CC6C=CC(C5)N6)nc(OC[C@@]56CCCN5C/C(=C\C)C6)nc4c3F)c12. The average molecular weight is 623 g/mol. The highest BCUT2D eigenvalue weighted by Crippen LogP contribution is 2.43. The minimum atomic E-state index is -0.920. The standard InChI is InChI=1S/C36H33F3N6O/c1-3-20-15-36(10-5-11-45(36)16-20)19-46-35-42-33-27(34(43-35)44-17-23-7-8-24(18-44)41-23)14-29(38)31(32(33)39)26-13-22(40)12-21-6-9-28(37)25(4-2)30(21)26/h2-3,6-9,12-14,23-24,41H,5,10-11,15-19,40H2,1H3/b20-3-/t23?,24?,36-/m0/s1. The number of hydrogen-bond acceptors (Lipinski definition) is 7. The zero-order valence-electron chi connectivity index (χ0n) is 25.4. The van der Waals surface area contributed by atoms with Crippen LogP contribution in [0.1, 0.15) is 31.7 Å². The molecule has 7 nitrogen and oxygen atoms in total. The van der Waals surface area contributed by atoms with Crippen LogP contribution in [0.15, 0.2) is 54.1 Å². The van der Waals surface area contributed by atoms with Crippen LogP contribution in [-0.2, 0) is 0 Å². The second-order valence-electron chi connectivity index (χ2n) is 12.8. The highest BCUT2D eigenvalue weighted by molar-refractivity contribution is 6.05. The highest BCUT2D eigenvalue weighted by atomic mass is 19.1. The van der Waals surface area contributed by atoms with Crippen molar-refractivity contribution in [2.75, 3.05) is 43.4 Å². The van der Waals surface area contributed by atoms with Gasteiger partial charge in [-0.3, -0.25) is 4.90 Å². The van der Waals surface area contributed by atoms with E-state index in [9.17, 15) is 4.39 Å². The van der Waals surface area contributed by atoms with Crippen LogP contribution in [-0.4, -0.2) is 65.3 Å². The molecule has 0 amide bonds. The van der Waals surface area contributed by atoms with Gasteiger partial charge in [0.2, 0.25) is 0 Å². The fraction of sp³-hybridized carbons (Fsp3) is 0.333. The van der Waals surface area contributed by atoms with Crippen molar-refractivity contribution in [2.24, 2.45) is 0 Å². The van der Waals surface area contributed by atoms with Crippen molar-refractivity contribution in [3.63, 3.8) is 0 Å². The Kier molecular flexibility index (Phi) is 6.74. The number of nitrogens with zero attached hydrogens (tertiary/aromatic N) is 4. The minimum Gasteiger partial charge on any atom is -0.461 e. The van der Waals surface area contributed by atoms with Crippen molar-refractivity contribution in [3.8, 4) is 29.5 Å². The number of benzene rings is 3. The quantitative estimate of drug-likeness (QED) is 0.168. The molecular weight excluding hydrogens is 589 g/mol. The largest absolute Gasteiger partial charge is 0.461 e. The van der Waals surface area contributed by atoms with E-state index in [4.69, 9.17) is 21.9 Å². The highest BCUT2D eigenvalue weighted by Gasteiger charge is 2.47. The van der Waals surface area contributed by atoms with Crippen molar-refractivity contribution in [1.82, 2.24) is 20.2 Å². The summed E-state index contributed by atoms with van der Waals surface area (Å²) in [4.78, 5) is 13.8. The maximum atomic E-state index is 16.9. The molecule has 0 aliphatic carbocycles. The Labute approximate surface area is 264 Å². The van der Waals surface area contributed by atoms with Gasteiger partial charge in [-0.1, -0.05) is 35.8 Å². The molecule has 3 atom stereocenters. The number of nitrogens with one attached hydrogen (secondary N) is 1. The number of ether oxygens (including phenoxy) is 1. The van der Waals surface area contributed by atoms with E-state index in [1.54, 1.807) is 6.07 Å². The zero-order chi connectivity index (χ0) is 31.7. The first-order chi connectivity index (χ1) is 22.3. The Morgan fingerprint density at radius 2 is 1.93 bits per heavy atom. The van der Waals surface area contributed by atoms with Gasteiger partial charge in [-0.25, -0.2) is 13.2 Å². The van der Waals surface area contributed by atoms with E-state index in [-0.39, 0.29) is 56.7 Å². The first-order valence-corrected chi connectivity index (χ1v) is 15.7. The van der Waals surface area contributed by atoms with Crippen LogP contribution >= 0.6 is 0 Å². The topological polar surface area (TPSA) is 79.5 Å². The van der Waals surface area contributed by atoms with E-state index in [1.807, 2.05) is 4.90 Å². The number of nitrogens with two attached hydrogens (primary N) is 1. The molecule has 5 heterocycles. The molecule has 1 aromatic heterocycles. The van der Waals surface area contributed by atoms with Gasteiger partial charge in [0, 0.05) is 48.2 Å². The predicted octanol–water partition coefficient (Wildman–Crippen LogP) is 5.71. The molecule has 234 valence electrons. The molecule has 0 radical (unpaired) electrons. The number of fused-ring (bicyclic) bond motifs is 5. The van der Waals surface area contributed by atoms with E-state index < -0.39 is 23.0 Å². The minimum absolute atomic E-state index is 0.0285. The summed E-state index contributed by atoms with van der Waals surface area (Å²) in [7, 11) is 0. The maximum Gasteiger partial charge on any atom is 0.319 e. The zero-order valence-corrected chi connectivity index (χ0v) is 25.4. The molecule has 3 saturated heterocycles. The number of nitrogen functional groups attached to an aromatic ring is 1. The average Bonchev–Trinajstić information content (AvgIpc) is 3.71. The summed E-state index contributed by atoms with van der Waals surface area (Å²) in [5.41, 5.74) is 7.11. The molecule has 2 unspecified atom stereocenters. The lowest BCUT2D eigenvalue weighted by Gasteiger charge is -2.35. The van der Waals surface area contributed by atoms with Crippen molar-refractivity contribution in [3.05, 3.63) is 77.1 Å². The van der Waals surface area contributed by atoms with Crippen LogP contribution in [0.5, 0.6) is 6.01 Å². The van der Waals surface area contributed by atoms with Crippen molar-refractivity contribution >= 4 is 33.2 Å². The van der Waals surface area contributed by atoms with Crippen LogP contribution in [0, 0.1) is 29.8 Å². The van der Waals surface area contributed by atoms with Gasteiger partial charge in [0.15, 0.2) is 5.82 Å². The predicted molar refractivity (Wildman–Crippen MR) is 174 cm³/mol. The summed E-state index contributed by atoms with van der Waals surface area (Å²) in [5.74, 6) is 0.311. The lowest BCUT2D eigenvalue weighted by Crippen LogP contribution is -2.52. The molecule has 8 rings (SSSR count). The molecule has 3 fully saturated rings. The normalized spacial score (nSPS) is 24.8. The molecule has 3 aromatic carbocycles. The number of piperazine rings is 1. The fourth-order valence-electron chi connectivity index (χ4n) is 7.89. The number of anilines is 2. The Balaban J connectivity index is 1.30. The molecule has 4 aliphatic rings. The Hall–Kier alpha value is -4.59. The first kappa shape index (κ1) is 28.9. The van der Waals surface area contributed by atoms with Gasteiger partial charge in [0.1, 0.15) is 29.6 Å². The fourth-order valence-corrected chi connectivity index (χ4v) is 7.89. The molecule has 10 heteroatoms. The third-order valence-electron chi connectivity index (χ3n) is 10.1. The van der Waals surface area contributed by atoms with Crippen LogP contribution in [0.2, 0.25) is 0 Å². The van der Waals surface area contributed by atoms with E-state index in [0.29, 0.717) is 30.9 Å². The number of allylic oxidation sites excluding steroid dienone is 1. The van der Waals surface area contributed by atoms with Gasteiger partial charge < -0.3 is 20.7 Å². The molecule has 3 N–H and O–H groups in total. The van der Waals surface area contributed by atoms with Crippen LogP contribution in [0.25, 0.3) is 32.8 Å². The summed E-state index contributed by atoms with van der Waals surface area (Å²) in [5, 5.41) is 4.39. The Bertz CT molecular complexity index is 2020. The second kappa shape index (κ2) is 10.7. The van der Waals surface area contributed by atoms with Crippen LogP contribution < -0.4 is 20.7 Å². The number of terminal acetylenes is 1. The van der Waals surface area contributed by atoms with Gasteiger partial charge in [-0.15, -0.1) is 6.42 Å². The van der Waals surface area contributed by atoms with Crippen LogP contribution in [0.4, 0.5) is 24.7 Å². The van der Waals surface area contributed by atoms with Gasteiger partial charge >= 0.3 is 6.01 Å². The summed E-state index contributed by atoms with van der Waals surface area (Å²) in [6, 6.07) is 7.19. The van der Waals surface area contributed by atoms with Gasteiger partial charge in [-0.05, 0) is 67.9 Å². The lowest BCUT2D eigenvalue weighted by molar-refractivity contribution is 0.108. The van der Waals surface area contributed by atoms with E-state index in [2.05, 4.69) is 46.3 Å². The van der Waals surface area contributed by atoms with Crippen molar-refractivity contribution < 1.29 is 17.9 Å². The number of hydrogen-bond donors (Lipinski definition) is 2. The van der Waals surface area contributed by atoms with E-state index in [0.717, 1.165) is 32.4 Å². The summed E-state index contributed by atoms with van der Waals surface area (Å²) >= 11 is 0. The van der Waals surface area contributed by atoms with E-state index in [1.165, 1.54) is 29.8 Å². The van der Waals surface area contributed by atoms with Gasteiger partial charge in [0.05, 0.1) is 16.7 Å². The van der Waals surface area contributed by atoms with Gasteiger partial charge in [0.25, 0.3) is 0 Å². The molecule has 4 aliphatic heterocycles. The Morgan fingerprint density at radius 3 is 2.70 bits per heavy atom. The third-order valence-corrected chi connectivity index (χ3v) is 10.1. The van der Waals surface area contributed by atoms with Gasteiger partial charge in [-0.2, -0.15) is 9.97 Å². The number of halogens is 3. The molecule has 0 saturated carbocycles. The summed E-state index contributed by atoms with van der Waals surface area (Å²) in [6.45, 7) is 5.44. The van der Waals surface area contributed by atoms with E-state index >= 15 is 8.78 Å². The third kappa shape index (κ3) is 4.52. The second-order valence-corrected chi connectivity index (χ2v) is 12.8. The Morgan fingerprint density at radius 1 is 1.13 bits per heavy atom. The maximum absolute atomic E-state index is 16.9. The first-order valence-electron chi connectivity index (χ1n) is 15.7. The smallest absolute Gasteiger partial charge is 0.319 e. The number of rotatable bonds is 5. The molecular formula is C36H33F3N6O. The molecule has 0 spiro atoms.